The van der Waals surface area contributed by atoms with Crippen molar-refractivity contribution in [3.05, 3.63) is 65.9 Å². The van der Waals surface area contributed by atoms with E-state index in [0.717, 1.165) is 29.9 Å². The molecule has 0 N–H and O–H groups in total. The zero-order valence-corrected chi connectivity index (χ0v) is 17.7. The van der Waals surface area contributed by atoms with Crippen LogP contribution in [-0.2, 0) is 11.3 Å². The van der Waals surface area contributed by atoms with E-state index in [-0.39, 0.29) is 5.91 Å². The maximum Gasteiger partial charge on any atom is 0.227 e. The molecule has 5 nitrogen and oxygen atoms in total. The van der Waals surface area contributed by atoms with E-state index in [4.69, 9.17) is 4.52 Å². The highest BCUT2D eigenvalue weighted by atomic mass is 16.5. The monoisotopic (exact) mass is 391 g/mol. The van der Waals surface area contributed by atoms with Crippen LogP contribution in [0.5, 0.6) is 0 Å². The van der Waals surface area contributed by atoms with Gasteiger partial charge in [-0.25, -0.2) is 0 Å². The molecular weight excluding hydrogens is 362 g/mol. The van der Waals surface area contributed by atoms with E-state index < -0.39 is 0 Å². The first-order valence-electron chi connectivity index (χ1n) is 10.2. The van der Waals surface area contributed by atoms with Crippen LogP contribution in [0.2, 0.25) is 0 Å². The fourth-order valence-electron chi connectivity index (χ4n) is 3.54. The number of aromatic nitrogens is 1. The molecule has 0 unspecified atom stereocenters. The molecule has 3 rings (SSSR count). The number of anilines is 2. The quantitative estimate of drug-likeness (QED) is 0.513. The summed E-state index contributed by atoms with van der Waals surface area (Å²) in [7, 11) is 0. The molecule has 0 bridgehead atoms. The lowest BCUT2D eigenvalue weighted by atomic mass is 10.1. The minimum atomic E-state index is 0.0429. The molecule has 152 valence electrons. The van der Waals surface area contributed by atoms with E-state index in [1.165, 1.54) is 5.69 Å². The number of hydrogen-bond acceptors (Lipinski definition) is 4. The molecular formula is C24H29N3O2. The van der Waals surface area contributed by atoms with Crippen LogP contribution in [0, 0.1) is 6.92 Å². The van der Waals surface area contributed by atoms with Crippen LogP contribution in [0.3, 0.4) is 0 Å². The van der Waals surface area contributed by atoms with E-state index >= 15 is 0 Å². The van der Waals surface area contributed by atoms with Crippen molar-refractivity contribution in [3.63, 3.8) is 0 Å². The van der Waals surface area contributed by atoms with Gasteiger partial charge in [0.25, 0.3) is 0 Å². The van der Waals surface area contributed by atoms with Crippen molar-refractivity contribution in [2.45, 2.75) is 40.7 Å². The van der Waals surface area contributed by atoms with Gasteiger partial charge in [0.05, 0.1) is 6.54 Å². The number of benzene rings is 2. The van der Waals surface area contributed by atoms with Crippen molar-refractivity contribution in [2.24, 2.45) is 0 Å². The molecule has 0 atom stereocenters. The van der Waals surface area contributed by atoms with Gasteiger partial charge in [0.15, 0.2) is 5.76 Å². The van der Waals surface area contributed by atoms with Gasteiger partial charge >= 0.3 is 0 Å². The van der Waals surface area contributed by atoms with Gasteiger partial charge in [-0.05, 0) is 38.5 Å². The van der Waals surface area contributed by atoms with Gasteiger partial charge < -0.3 is 14.3 Å². The molecule has 29 heavy (non-hydrogen) atoms. The topological polar surface area (TPSA) is 49.6 Å². The highest BCUT2D eigenvalue weighted by Crippen LogP contribution is 2.34. The number of aryl methyl sites for hydroxylation is 1. The predicted octanol–water partition coefficient (Wildman–Crippen LogP) is 5.44. The second kappa shape index (κ2) is 9.41. The summed E-state index contributed by atoms with van der Waals surface area (Å²) in [5.74, 6) is 0.687. The average Bonchev–Trinajstić information content (AvgIpc) is 3.15. The third kappa shape index (κ3) is 4.50. The Morgan fingerprint density at radius 2 is 1.62 bits per heavy atom. The maximum absolute atomic E-state index is 12.9. The minimum Gasteiger partial charge on any atom is -0.372 e. The molecule has 0 aliphatic carbocycles. The molecule has 0 fully saturated rings. The Morgan fingerprint density at radius 3 is 2.21 bits per heavy atom. The molecule has 2 aromatic carbocycles. The minimum absolute atomic E-state index is 0.0429. The molecule has 0 aliphatic rings. The summed E-state index contributed by atoms with van der Waals surface area (Å²) < 4.78 is 5.49. The third-order valence-corrected chi connectivity index (χ3v) is 5.16. The number of carbonyl (C=O) groups is 1. The molecule has 0 spiro atoms. The van der Waals surface area contributed by atoms with Crippen LogP contribution in [0.1, 0.15) is 38.5 Å². The van der Waals surface area contributed by atoms with Gasteiger partial charge in [-0.15, -0.1) is 0 Å². The fraction of sp³-hybridized carbons (Fsp3) is 0.333. The highest BCUT2D eigenvalue weighted by molar-refractivity contribution is 5.97. The molecule has 0 aliphatic heterocycles. The molecule has 0 saturated carbocycles. The van der Waals surface area contributed by atoms with Gasteiger partial charge in [0.1, 0.15) is 11.4 Å². The normalized spacial score (nSPS) is 10.8. The van der Waals surface area contributed by atoms with Gasteiger partial charge in [-0.3, -0.25) is 4.79 Å². The fourth-order valence-corrected chi connectivity index (χ4v) is 3.54. The first-order valence-corrected chi connectivity index (χ1v) is 10.2. The summed E-state index contributed by atoms with van der Waals surface area (Å²) in [5, 5.41) is 4.25. The zero-order valence-electron chi connectivity index (χ0n) is 17.7. The maximum atomic E-state index is 12.9. The predicted molar refractivity (Wildman–Crippen MR) is 118 cm³/mol. The van der Waals surface area contributed by atoms with E-state index in [9.17, 15) is 4.79 Å². The van der Waals surface area contributed by atoms with Crippen molar-refractivity contribution in [2.75, 3.05) is 22.9 Å². The van der Waals surface area contributed by atoms with Gasteiger partial charge in [0, 0.05) is 30.8 Å². The largest absolute Gasteiger partial charge is 0.372 e. The molecule has 1 amide bonds. The van der Waals surface area contributed by atoms with E-state index in [1.54, 1.807) is 4.90 Å². The lowest BCUT2D eigenvalue weighted by Crippen LogP contribution is -2.30. The first-order chi connectivity index (χ1) is 14.1. The Hall–Kier alpha value is -3.08. The van der Waals surface area contributed by atoms with Crippen LogP contribution in [0.15, 0.2) is 59.1 Å². The number of rotatable bonds is 8. The standard InChI is InChI=1S/C24H29N3O2/c1-5-22(28)27(17-19-13-15-21(16-14-19)26(6-2)7-3)24-18(4)29-25-23(24)20-11-9-8-10-12-20/h8-16H,5-7,17H2,1-4H3. The van der Waals surface area contributed by atoms with Crippen LogP contribution in [0.4, 0.5) is 11.4 Å². The number of amides is 1. The smallest absolute Gasteiger partial charge is 0.227 e. The second-order valence-corrected chi connectivity index (χ2v) is 6.97. The van der Waals surface area contributed by atoms with E-state index in [1.807, 2.05) is 44.2 Å². The van der Waals surface area contributed by atoms with Crippen molar-refractivity contribution in [1.29, 1.82) is 0 Å². The van der Waals surface area contributed by atoms with Crippen molar-refractivity contribution in [3.8, 4) is 11.3 Å². The molecule has 1 heterocycles. The van der Waals surface area contributed by atoms with Crippen molar-refractivity contribution in [1.82, 2.24) is 5.16 Å². The Labute approximate surface area is 172 Å². The average molecular weight is 392 g/mol. The van der Waals surface area contributed by atoms with Crippen molar-refractivity contribution >= 4 is 17.3 Å². The summed E-state index contributed by atoms with van der Waals surface area (Å²) in [6.45, 7) is 10.5. The number of carbonyl (C=O) groups excluding carboxylic acids is 1. The van der Waals surface area contributed by atoms with Crippen LogP contribution >= 0.6 is 0 Å². The molecule has 0 radical (unpaired) electrons. The lowest BCUT2D eigenvalue weighted by molar-refractivity contribution is -0.118. The summed E-state index contributed by atoms with van der Waals surface area (Å²) in [6.07, 6.45) is 0.413. The Morgan fingerprint density at radius 1 is 0.966 bits per heavy atom. The highest BCUT2D eigenvalue weighted by Gasteiger charge is 2.25. The summed E-state index contributed by atoms with van der Waals surface area (Å²) in [6, 6.07) is 18.3. The third-order valence-electron chi connectivity index (χ3n) is 5.16. The molecule has 5 heteroatoms. The Bertz CT molecular complexity index is 929. The van der Waals surface area contributed by atoms with Gasteiger partial charge in [-0.1, -0.05) is 54.5 Å². The second-order valence-electron chi connectivity index (χ2n) is 6.97. The Balaban J connectivity index is 1.95. The summed E-state index contributed by atoms with van der Waals surface area (Å²) >= 11 is 0. The van der Waals surface area contributed by atoms with Gasteiger partial charge in [0.2, 0.25) is 5.91 Å². The molecule has 3 aromatic rings. The van der Waals surface area contributed by atoms with Crippen LogP contribution in [-0.4, -0.2) is 24.2 Å². The van der Waals surface area contributed by atoms with Crippen LogP contribution < -0.4 is 9.80 Å². The molecule has 0 saturated heterocycles. The van der Waals surface area contributed by atoms with Crippen LogP contribution in [0.25, 0.3) is 11.3 Å². The summed E-state index contributed by atoms with van der Waals surface area (Å²) in [5.41, 5.74) is 4.64. The SMILES string of the molecule is CCC(=O)N(Cc1ccc(N(CC)CC)cc1)c1c(-c2ccccc2)noc1C. The molecule has 1 aromatic heterocycles. The number of nitrogens with zero attached hydrogens (tertiary/aromatic N) is 3. The summed E-state index contributed by atoms with van der Waals surface area (Å²) in [4.78, 5) is 17.0. The zero-order chi connectivity index (χ0) is 20.8. The van der Waals surface area contributed by atoms with E-state index in [0.29, 0.717) is 24.4 Å². The van der Waals surface area contributed by atoms with E-state index in [2.05, 4.69) is 48.2 Å². The Kier molecular flexibility index (Phi) is 6.70. The lowest BCUT2D eigenvalue weighted by Gasteiger charge is -2.24. The van der Waals surface area contributed by atoms with Crippen molar-refractivity contribution < 1.29 is 9.32 Å². The van der Waals surface area contributed by atoms with Gasteiger partial charge in [-0.2, -0.15) is 0 Å². The number of hydrogen-bond donors (Lipinski definition) is 0. The first kappa shape index (κ1) is 20.6.